The lowest BCUT2D eigenvalue weighted by Crippen LogP contribution is -2.40. The minimum absolute atomic E-state index is 0.494. The minimum Gasteiger partial charge on any atom is -0.313 e. The Kier molecular flexibility index (Phi) is 5.83. The number of nitrogens with one attached hydrogen (secondary N) is 1. The lowest BCUT2D eigenvalue weighted by atomic mass is 9.99. The van der Waals surface area contributed by atoms with Crippen LogP contribution in [-0.4, -0.2) is 30.6 Å². The third-order valence-electron chi connectivity index (χ3n) is 4.49. The zero-order chi connectivity index (χ0) is 15.4. The molecule has 1 saturated heterocycles. The van der Waals surface area contributed by atoms with E-state index in [9.17, 15) is 0 Å². The highest BCUT2D eigenvalue weighted by molar-refractivity contribution is 5.30. The first-order valence-corrected chi connectivity index (χ1v) is 8.51. The van der Waals surface area contributed by atoms with E-state index in [1.54, 1.807) is 0 Å². The lowest BCUT2D eigenvalue weighted by Gasteiger charge is -2.33. The van der Waals surface area contributed by atoms with Gasteiger partial charge < -0.3 is 5.32 Å². The summed E-state index contributed by atoms with van der Waals surface area (Å²) in [5.74, 6) is 0.708. The first-order valence-electron chi connectivity index (χ1n) is 8.51. The minimum atomic E-state index is 0.494. The molecule has 1 aromatic carbocycles. The molecule has 0 bridgehead atoms. The molecule has 2 unspecified atom stereocenters. The zero-order valence-electron chi connectivity index (χ0n) is 14.4. The van der Waals surface area contributed by atoms with Gasteiger partial charge in [-0.1, -0.05) is 43.2 Å². The molecule has 1 aliphatic heterocycles. The standard InChI is InChI=1S/C19H32N2/c1-14(2)12-21(13-19-7-6-8-20-19)17(5)18-10-15(3)9-16(4)11-18/h9-11,14,17,19-20H,6-8,12-13H2,1-5H3. The molecular formula is C19H32N2. The lowest BCUT2D eigenvalue weighted by molar-refractivity contribution is 0.171. The van der Waals surface area contributed by atoms with E-state index in [1.165, 1.54) is 49.2 Å². The van der Waals surface area contributed by atoms with Crippen LogP contribution in [0.4, 0.5) is 0 Å². The molecule has 1 aliphatic rings. The van der Waals surface area contributed by atoms with E-state index >= 15 is 0 Å². The maximum Gasteiger partial charge on any atom is 0.0320 e. The second kappa shape index (κ2) is 7.42. The van der Waals surface area contributed by atoms with Crippen molar-refractivity contribution >= 4 is 0 Å². The number of hydrogen-bond acceptors (Lipinski definition) is 2. The molecule has 1 N–H and O–H groups in total. The average Bonchev–Trinajstić information content (AvgIpc) is 2.88. The van der Waals surface area contributed by atoms with Crippen molar-refractivity contribution < 1.29 is 0 Å². The van der Waals surface area contributed by atoms with E-state index in [-0.39, 0.29) is 0 Å². The molecule has 2 heteroatoms. The molecule has 0 aromatic heterocycles. The van der Waals surface area contributed by atoms with E-state index in [4.69, 9.17) is 0 Å². The van der Waals surface area contributed by atoms with Crippen LogP contribution in [0.2, 0.25) is 0 Å². The molecule has 2 atom stereocenters. The van der Waals surface area contributed by atoms with Gasteiger partial charge in [-0.05, 0) is 51.6 Å². The summed E-state index contributed by atoms with van der Waals surface area (Å²) in [4.78, 5) is 2.67. The van der Waals surface area contributed by atoms with Crippen LogP contribution in [0.25, 0.3) is 0 Å². The smallest absolute Gasteiger partial charge is 0.0320 e. The van der Waals surface area contributed by atoms with Crippen molar-refractivity contribution in [2.75, 3.05) is 19.6 Å². The van der Waals surface area contributed by atoms with Gasteiger partial charge in [0.2, 0.25) is 0 Å². The number of hydrogen-bond donors (Lipinski definition) is 1. The number of rotatable bonds is 6. The SMILES string of the molecule is Cc1cc(C)cc(C(C)N(CC(C)C)CC2CCCN2)c1. The quantitative estimate of drug-likeness (QED) is 0.848. The summed E-state index contributed by atoms with van der Waals surface area (Å²) >= 11 is 0. The molecule has 2 nitrogen and oxygen atoms in total. The summed E-state index contributed by atoms with van der Waals surface area (Å²) in [6.45, 7) is 15.0. The maximum atomic E-state index is 3.65. The van der Waals surface area contributed by atoms with Crippen LogP contribution in [-0.2, 0) is 0 Å². The van der Waals surface area contributed by atoms with Crippen LogP contribution in [0.5, 0.6) is 0 Å². The third-order valence-corrected chi connectivity index (χ3v) is 4.49. The molecule has 2 rings (SSSR count). The Balaban J connectivity index is 2.13. The van der Waals surface area contributed by atoms with Crippen molar-refractivity contribution in [2.45, 2.75) is 59.5 Å². The Morgan fingerprint density at radius 2 is 1.81 bits per heavy atom. The highest BCUT2D eigenvalue weighted by atomic mass is 15.2. The molecule has 0 aliphatic carbocycles. The molecule has 0 radical (unpaired) electrons. The summed E-state index contributed by atoms with van der Waals surface area (Å²) in [7, 11) is 0. The molecule has 118 valence electrons. The highest BCUT2D eigenvalue weighted by Crippen LogP contribution is 2.24. The van der Waals surface area contributed by atoms with E-state index in [0.717, 1.165) is 0 Å². The number of benzene rings is 1. The van der Waals surface area contributed by atoms with Crippen molar-refractivity contribution in [3.8, 4) is 0 Å². The second-order valence-corrected chi connectivity index (χ2v) is 7.24. The predicted molar refractivity (Wildman–Crippen MR) is 91.8 cm³/mol. The molecule has 1 fully saturated rings. The van der Waals surface area contributed by atoms with Gasteiger partial charge in [0.25, 0.3) is 0 Å². The van der Waals surface area contributed by atoms with Crippen LogP contribution in [0.3, 0.4) is 0 Å². The average molecular weight is 288 g/mol. The van der Waals surface area contributed by atoms with Crippen molar-refractivity contribution in [1.29, 1.82) is 0 Å². The Labute approximate surface area is 130 Å². The summed E-state index contributed by atoms with van der Waals surface area (Å²) in [6, 6.07) is 8.15. The Bertz CT molecular complexity index is 427. The van der Waals surface area contributed by atoms with Crippen LogP contribution in [0, 0.1) is 19.8 Å². The topological polar surface area (TPSA) is 15.3 Å². The van der Waals surface area contributed by atoms with E-state index in [2.05, 4.69) is 63.0 Å². The Hall–Kier alpha value is -0.860. The fourth-order valence-corrected chi connectivity index (χ4v) is 3.52. The van der Waals surface area contributed by atoms with Gasteiger partial charge in [0.1, 0.15) is 0 Å². The summed E-state index contributed by atoms with van der Waals surface area (Å²) in [5.41, 5.74) is 4.21. The predicted octanol–water partition coefficient (Wildman–Crippen LogP) is 4.07. The van der Waals surface area contributed by atoms with Crippen LogP contribution in [0.15, 0.2) is 18.2 Å². The first-order chi connectivity index (χ1) is 9.95. The molecular weight excluding hydrogens is 256 g/mol. The van der Waals surface area contributed by atoms with Gasteiger partial charge in [0.15, 0.2) is 0 Å². The van der Waals surface area contributed by atoms with Crippen LogP contribution >= 0.6 is 0 Å². The second-order valence-electron chi connectivity index (χ2n) is 7.24. The fraction of sp³-hybridized carbons (Fsp3) is 0.684. The Morgan fingerprint density at radius 1 is 1.14 bits per heavy atom. The van der Waals surface area contributed by atoms with E-state index in [1.807, 2.05) is 0 Å². The van der Waals surface area contributed by atoms with Crippen molar-refractivity contribution in [3.05, 3.63) is 34.9 Å². The third kappa shape index (κ3) is 4.82. The summed E-state index contributed by atoms with van der Waals surface area (Å²) in [5, 5.41) is 3.65. The highest BCUT2D eigenvalue weighted by Gasteiger charge is 2.23. The van der Waals surface area contributed by atoms with Gasteiger partial charge in [-0.3, -0.25) is 4.90 Å². The molecule has 0 spiro atoms. The van der Waals surface area contributed by atoms with Crippen molar-refractivity contribution in [2.24, 2.45) is 5.92 Å². The van der Waals surface area contributed by atoms with Crippen LogP contribution in [0.1, 0.15) is 56.3 Å². The number of nitrogens with zero attached hydrogens (tertiary/aromatic N) is 1. The van der Waals surface area contributed by atoms with Gasteiger partial charge >= 0.3 is 0 Å². The molecule has 0 amide bonds. The van der Waals surface area contributed by atoms with Crippen molar-refractivity contribution in [3.63, 3.8) is 0 Å². The Morgan fingerprint density at radius 3 is 2.33 bits per heavy atom. The van der Waals surface area contributed by atoms with E-state index < -0.39 is 0 Å². The van der Waals surface area contributed by atoms with Gasteiger partial charge in [-0.2, -0.15) is 0 Å². The number of aryl methyl sites for hydroxylation is 2. The van der Waals surface area contributed by atoms with E-state index in [0.29, 0.717) is 18.0 Å². The molecule has 0 saturated carbocycles. The molecule has 21 heavy (non-hydrogen) atoms. The maximum absolute atomic E-state index is 3.65. The van der Waals surface area contributed by atoms with Gasteiger partial charge in [-0.25, -0.2) is 0 Å². The van der Waals surface area contributed by atoms with Crippen LogP contribution < -0.4 is 5.32 Å². The monoisotopic (exact) mass is 288 g/mol. The zero-order valence-corrected chi connectivity index (χ0v) is 14.4. The molecule has 1 heterocycles. The van der Waals surface area contributed by atoms with Gasteiger partial charge in [-0.15, -0.1) is 0 Å². The summed E-state index contributed by atoms with van der Waals surface area (Å²) < 4.78 is 0. The molecule has 1 aromatic rings. The fourth-order valence-electron chi connectivity index (χ4n) is 3.52. The largest absolute Gasteiger partial charge is 0.313 e. The summed E-state index contributed by atoms with van der Waals surface area (Å²) in [6.07, 6.45) is 2.66. The van der Waals surface area contributed by atoms with Crippen molar-refractivity contribution in [1.82, 2.24) is 10.2 Å². The van der Waals surface area contributed by atoms with Gasteiger partial charge in [0.05, 0.1) is 0 Å². The first kappa shape index (κ1) is 16.5. The normalized spacial score (nSPS) is 20.4. The van der Waals surface area contributed by atoms with Gasteiger partial charge in [0, 0.05) is 25.2 Å².